The number of aryl methyl sites for hydroxylation is 1. The van der Waals surface area contributed by atoms with E-state index in [1.807, 2.05) is 51.1 Å². The predicted octanol–water partition coefficient (Wildman–Crippen LogP) is 2.46. The van der Waals surface area contributed by atoms with Crippen molar-refractivity contribution in [1.29, 1.82) is 0 Å². The molecule has 2 N–H and O–H groups in total. The molecule has 2 aromatic rings. The third kappa shape index (κ3) is 4.91. The lowest BCUT2D eigenvalue weighted by Crippen LogP contribution is -2.49. The number of carbonyl (C=O) groups is 2. The van der Waals surface area contributed by atoms with Crippen LogP contribution in [-0.2, 0) is 11.3 Å². The van der Waals surface area contributed by atoms with Gasteiger partial charge in [0.25, 0.3) is 5.91 Å². The normalized spacial score (nSPS) is 11.8. The van der Waals surface area contributed by atoms with E-state index in [4.69, 9.17) is 0 Å². The molecule has 2 amide bonds. The first-order chi connectivity index (χ1) is 11.5. The summed E-state index contributed by atoms with van der Waals surface area (Å²) in [6, 6.07) is 12.2. The third-order valence-electron chi connectivity index (χ3n) is 3.72. The number of aromatic nitrogens is 1. The summed E-state index contributed by atoms with van der Waals surface area (Å²) in [4.78, 5) is 28.9. The highest BCUT2D eigenvalue weighted by Gasteiger charge is 2.24. The summed E-state index contributed by atoms with van der Waals surface area (Å²) in [5, 5.41) is 5.65. The molecule has 0 saturated carbocycles. The Morgan fingerprint density at radius 3 is 2.38 bits per heavy atom. The zero-order chi connectivity index (χ0) is 17.5. The summed E-state index contributed by atoms with van der Waals surface area (Å²) >= 11 is 0. The molecule has 0 aliphatic heterocycles. The Balaban J connectivity index is 1.99. The lowest BCUT2D eigenvalue weighted by atomic mass is 10.0. The zero-order valence-electron chi connectivity index (χ0n) is 14.2. The number of hydrogen-bond acceptors (Lipinski definition) is 3. The highest BCUT2D eigenvalue weighted by Crippen LogP contribution is 2.07. The van der Waals surface area contributed by atoms with Crippen molar-refractivity contribution in [2.45, 2.75) is 33.4 Å². The molecule has 0 aliphatic carbocycles. The van der Waals surface area contributed by atoms with E-state index < -0.39 is 6.04 Å². The van der Waals surface area contributed by atoms with E-state index in [1.54, 1.807) is 18.3 Å². The van der Waals surface area contributed by atoms with Gasteiger partial charge < -0.3 is 10.6 Å². The van der Waals surface area contributed by atoms with Crippen LogP contribution >= 0.6 is 0 Å². The average Bonchev–Trinajstić information content (AvgIpc) is 2.58. The quantitative estimate of drug-likeness (QED) is 0.857. The van der Waals surface area contributed by atoms with E-state index in [1.165, 1.54) is 0 Å². The first kappa shape index (κ1) is 17.7. The molecule has 1 aromatic carbocycles. The van der Waals surface area contributed by atoms with E-state index in [9.17, 15) is 9.59 Å². The minimum Gasteiger partial charge on any atom is -0.349 e. The monoisotopic (exact) mass is 325 g/mol. The van der Waals surface area contributed by atoms with Crippen LogP contribution in [-0.4, -0.2) is 22.8 Å². The van der Waals surface area contributed by atoms with Gasteiger partial charge in [0.2, 0.25) is 5.91 Å². The highest BCUT2D eigenvalue weighted by atomic mass is 16.2. The van der Waals surface area contributed by atoms with Crippen molar-refractivity contribution >= 4 is 11.8 Å². The van der Waals surface area contributed by atoms with Crippen LogP contribution in [0.4, 0.5) is 0 Å². The molecule has 5 nitrogen and oxygen atoms in total. The molecule has 0 bridgehead atoms. The molecule has 1 heterocycles. The smallest absolute Gasteiger partial charge is 0.251 e. The van der Waals surface area contributed by atoms with Crippen LogP contribution in [0.5, 0.6) is 0 Å². The minimum absolute atomic E-state index is 0.0249. The summed E-state index contributed by atoms with van der Waals surface area (Å²) < 4.78 is 0. The van der Waals surface area contributed by atoms with Gasteiger partial charge in [0.1, 0.15) is 6.04 Å². The van der Waals surface area contributed by atoms with E-state index in [0.717, 1.165) is 11.3 Å². The third-order valence-corrected chi connectivity index (χ3v) is 3.72. The second-order valence-electron chi connectivity index (χ2n) is 6.10. The number of benzene rings is 1. The first-order valence-electron chi connectivity index (χ1n) is 8.02. The van der Waals surface area contributed by atoms with Gasteiger partial charge >= 0.3 is 0 Å². The van der Waals surface area contributed by atoms with Crippen molar-refractivity contribution in [2.75, 3.05) is 0 Å². The molecule has 1 atom stereocenters. The molecule has 24 heavy (non-hydrogen) atoms. The number of rotatable bonds is 6. The maximum absolute atomic E-state index is 12.4. The van der Waals surface area contributed by atoms with Gasteiger partial charge in [-0.25, -0.2) is 0 Å². The Bertz CT molecular complexity index is 682. The van der Waals surface area contributed by atoms with E-state index >= 15 is 0 Å². The summed E-state index contributed by atoms with van der Waals surface area (Å²) in [7, 11) is 0. The molecule has 0 saturated heterocycles. The van der Waals surface area contributed by atoms with Gasteiger partial charge in [-0.3, -0.25) is 14.6 Å². The molecule has 1 aromatic heterocycles. The molecule has 2 rings (SSSR count). The van der Waals surface area contributed by atoms with Crippen molar-refractivity contribution in [2.24, 2.45) is 5.92 Å². The van der Waals surface area contributed by atoms with Crippen LogP contribution in [0.15, 0.2) is 48.7 Å². The number of pyridine rings is 1. The Kier molecular flexibility index (Phi) is 6.07. The van der Waals surface area contributed by atoms with Gasteiger partial charge in [-0.1, -0.05) is 37.6 Å². The van der Waals surface area contributed by atoms with Crippen LogP contribution < -0.4 is 10.6 Å². The molecule has 0 radical (unpaired) electrons. The van der Waals surface area contributed by atoms with Crippen molar-refractivity contribution < 1.29 is 9.59 Å². The fourth-order valence-corrected chi connectivity index (χ4v) is 2.25. The van der Waals surface area contributed by atoms with Crippen LogP contribution in [0, 0.1) is 12.8 Å². The molecule has 5 heteroatoms. The Morgan fingerprint density at radius 1 is 1.08 bits per heavy atom. The average molecular weight is 325 g/mol. The van der Waals surface area contributed by atoms with E-state index in [-0.39, 0.29) is 17.7 Å². The Morgan fingerprint density at radius 2 is 1.79 bits per heavy atom. The molecule has 0 aliphatic rings. The second-order valence-corrected chi connectivity index (χ2v) is 6.10. The fraction of sp³-hybridized carbons (Fsp3) is 0.316. The first-order valence-corrected chi connectivity index (χ1v) is 8.02. The molecule has 1 unspecified atom stereocenters. The fourth-order valence-electron chi connectivity index (χ4n) is 2.25. The molecular formula is C19H23N3O2. The SMILES string of the molecule is Cc1ccc(C(=O)NC(C(=O)NCc2ccccn2)C(C)C)cc1. The summed E-state index contributed by atoms with van der Waals surface area (Å²) in [5.41, 5.74) is 2.40. The number of nitrogens with zero attached hydrogens (tertiary/aromatic N) is 1. The number of amides is 2. The van der Waals surface area contributed by atoms with Gasteiger partial charge in [0.15, 0.2) is 0 Å². The minimum atomic E-state index is -0.595. The van der Waals surface area contributed by atoms with Gasteiger partial charge in [-0.05, 0) is 37.1 Å². The van der Waals surface area contributed by atoms with Crippen LogP contribution in [0.3, 0.4) is 0 Å². The summed E-state index contributed by atoms with van der Waals surface area (Å²) in [6.45, 7) is 6.10. The molecule has 0 spiro atoms. The standard InChI is InChI=1S/C19H23N3O2/c1-13(2)17(19(24)21-12-16-6-4-5-11-20-16)22-18(23)15-9-7-14(3)8-10-15/h4-11,13,17H,12H2,1-3H3,(H,21,24)(H,22,23). The van der Waals surface area contributed by atoms with E-state index in [2.05, 4.69) is 15.6 Å². The van der Waals surface area contributed by atoms with Crippen LogP contribution in [0.25, 0.3) is 0 Å². The topological polar surface area (TPSA) is 71.1 Å². The zero-order valence-corrected chi connectivity index (χ0v) is 14.2. The van der Waals surface area contributed by atoms with E-state index in [0.29, 0.717) is 12.1 Å². The van der Waals surface area contributed by atoms with Gasteiger partial charge in [0.05, 0.1) is 12.2 Å². The molecule has 0 fully saturated rings. The van der Waals surface area contributed by atoms with Crippen molar-refractivity contribution in [3.05, 3.63) is 65.5 Å². The molecule has 126 valence electrons. The largest absolute Gasteiger partial charge is 0.349 e. The van der Waals surface area contributed by atoms with Gasteiger partial charge in [0, 0.05) is 11.8 Å². The lowest BCUT2D eigenvalue weighted by molar-refractivity contribution is -0.124. The van der Waals surface area contributed by atoms with Gasteiger partial charge in [-0.2, -0.15) is 0 Å². The maximum Gasteiger partial charge on any atom is 0.251 e. The summed E-state index contributed by atoms with van der Waals surface area (Å²) in [6.07, 6.45) is 1.68. The lowest BCUT2D eigenvalue weighted by Gasteiger charge is -2.21. The van der Waals surface area contributed by atoms with Crippen LogP contribution in [0.1, 0.15) is 35.5 Å². The number of nitrogens with one attached hydrogen (secondary N) is 2. The van der Waals surface area contributed by atoms with Gasteiger partial charge in [-0.15, -0.1) is 0 Å². The molecular weight excluding hydrogens is 302 g/mol. The summed E-state index contributed by atoms with van der Waals surface area (Å²) in [5.74, 6) is -0.485. The number of carbonyl (C=O) groups excluding carboxylic acids is 2. The highest BCUT2D eigenvalue weighted by molar-refractivity contribution is 5.97. The predicted molar refractivity (Wildman–Crippen MR) is 93.4 cm³/mol. The van der Waals surface area contributed by atoms with Crippen molar-refractivity contribution in [3.63, 3.8) is 0 Å². The Labute approximate surface area is 142 Å². The van der Waals surface area contributed by atoms with Crippen molar-refractivity contribution in [1.82, 2.24) is 15.6 Å². The Hall–Kier alpha value is -2.69. The maximum atomic E-state index is 12.4. The van der Waals surface area contributed by atoms with Crippen molar-refractivity contribution in [3.8, 4) is 0 Å². The second kappa shape index (κ2) is 8.24. The number of hydrogen-bond donors (Lipinski definition) is 2. The van der Waals surface area contributed by atoms with Crippen LogP contribution in [0.2, 0.25) is 0 Å².